The fourth-order valence-corrected chi connectivity index (χ4v) is 3.25. The Kier molecular flexibility index (Phi) is 3.10. The molecular weight excluding hydrogens is 326 g/mol. The van der Waals surface area contributed by atoms with Gasteiger partial charge >= 0.3 is 6.18 Å². The van der Waals surface area contributed by atoms with Crippen molar-refractivity contribution in [3.05, 3.63) is 47.5 Å². The summed E-state index contributed by atoms with van der Waals surface area (Å²) < 4.78 is 54.3. The van der Waals surface area contributed by atoms with E-state index in [9.17, 15) is 18.0 Å². The van der Waals surface area contributed by atoms with Gasteiger partial charge in [-0.2, -0.15) is 13.2 Å². The molecule has 1 fully saturated rings. The molecule has 1 aliphatic carbocycles. The number of aryl methyl sites for hydroxylation is 1. The van der Waals surface area contributed by atoms with E-state index in [0.29, 0.717) is 5.56 Å². The highest BCUT2D eigenvalue weighted by molar-refractivity contribution is 5.96. The Morgan fingerprint density at radius 2 is 1.96 bits per heavy atom. The summed E-state index contributed by atoms with van der Waals surface area (Å²) >= 11 is 0. The SMILES string of the molecule is O=C(c1nc2n(n1)[C@@](F)(c1ccccc1)CC2)[C@@H]1C[C@H]1C(F)(F)F. The van der Waals surface area contributed by atoms with E-state index in [1.807, 2.05) is 0 Å². The van der Waals surface area contributed by atoms with Crippen molar-refractivity contribution < 1.29 is 22.4 Å². The number of halogens is 4. The van der Waals surface area contributed by atoms with Crippen molar-refractivity contribution in [2.75, 3.05) is 0 Å². The first-order chi connectivity index (χ1) is 11.3. The van der Waals surface area contributed by atoms with Crippen molar-refractivity contribution in [3.63, 3.8) is 0 Å². The number of carbonyl (C=O) groups excluding carboxylic acids is 1. The first-order valence-corrected chi connectivity index (χ1v) is 7.62. The molecule has 2 aliphatic rings. The average Bonchev–Trinajstić information content (AvgIpc) is 3.16. The topological polar surface area (TPSA) is 47.8 Å². The number of hydrogen-bond acceptors (Lipinski definition) is 3. The van der Waals surface area contributed by atoms with Crippen molar-refractivity contribution in [1.29, 1.82) is 0 Å². The van der Waals surface area contributed by atoms with Crippen LogP contribution in [-0.2, 0) is 12.2 Å². The molecule has 0 bridgehead atoms. The number of hydrogen-bond donors (Lipinski definition) is 0. The van der Waals surface area contributed by atoms with Gasteiger partial charge in [0.2, 0.25) is 17.4 Å². The molecule has 0 amide bonds. The van der Waals surface area contributed by atoms with E-state index in [4.69, 9.17) is 0 Å². The monoisotopic (exact) mass is 339 g/mol. The van der Waals surface area contributed by atoms with Crippen molar-refractivity contribution in [2.24, 2.45) is 11.8 Å². The first-order valence-electron chi connectivity index (χ1n) is 7.62. The van der Waals surface area contributed by atoms with Crippen LogP contribution in [0.3, 0.4) is 0 Å². The average molecular weight is 339 g/mol. The Hall–Kier alpha value is -2.25. The third-order valence-corrected chi connectivity index (χ3v) is 4.67. The number of Topliss-reactive ketones (excluding diaryl/α,β-unsaturated/α-hetero) is 1. The fraction of sp³-hybridized carbons (Fsp3) is 0.438. The van der Waals surface area contributed by atoms with E-state index in [1.165, 1.54) is 0 Å². The highest BCUT2D eigenvalue weighted by Gasteiger charge is 2.59. The summed E-state index contributed by atoms with van der Waals surface area (Å²) in [6.45, 7) is 0. The molecule has 2 aromatic rings. The number of alkyl halides is 4. The van der Waals surface area contributed by atoms with Crippen LogP contribution in [0.15, 0.2) is 30.3 Å². The van der Waals surface area contributed by atoms with Gasteiger partial charge in [0.25, 0.3) is 0 Å². The maximum Gasteiger partial charge on any atom is 0.392 e. The largest absolute Gasteiger partial charge is 0.392 e. The van der Waals surface area contributed by atoms with Gasteiger partial charge < -0.3 is 0 Å². The van der Waals surface area contributed by atoms with E-state index >= 15 is 4.39 Å². The lowest BCUT2D eigenvalue weighted by atomic mass is 10.0. The van der Waals surface area contributed by atoms with Crippen molar-refractivity contribution in [3.8, 4) is 0 Å². The highest BCUT2D eigenvalue weighted by Crippen LogP contribution is 2.51. The van der Waals surface area contributed by atoms with E-state index < -0.39 is 29.6 Å². The van der Waals surface area contributed by atoms with Gasteiger partial charge in [-0.25, -0.2) is 14.1 Å². The lowest BCUT2D eigenvalue weighted by Gasteiger charge is -2.20. The van der Waals surface area contributed by atoms with Gasteiger partial charge in [0.15, 0.2) is 0 Å². The quantitative estimate of drug-likeness (QED) is 0.637. The number of aromatic nitrogens is 3. The predicted molar refractivity (Wildman–Crippen MR) is 75.0 cm³/mol. The molecule has 8 heteroatoms. The molecular formula is C16H13F4N3O. The Balaban J connectivity index is 1.63. The summed E-state index contributed by atoms with van der Waals surface area (Å²) in [5.41, 5.74) is 0.382. The van der Waals surface area contributed by atoms with Crippen molar-refractivity contribution in [1.82, 2.24) is 14.8 Å². The second-order valence-corrected chi connectivity index (χ2v) is 6.24. The molecule has 0 radical (unpaired) electrons. The molecule has 1 aromatic carbocycles. The van der Waals surface area contributed by atoms with Gasteiger partial charge in [0, 0.05) is 24.3 Å². The minimum atomic E-state index is -4.39. The zero-order chi connectivity index (χ0) is 17.1. The third-order valence-electron chi connectivity index (χ3n) is 4.67. The number of fused-ring (bicyclic) bond motifs is 1. The van der Waals surface area contributed by atoms with Gasteiger partial charge in [-0.05, 0) is 6.42 Å². The smallest absolute Gasteiger partial charge is 0.290 e. The second kappa shape index (κ2) is 4.87. The molecule has 0 unspecified atom stereocenters. The van der Waals surface area contributed by atoms with E-state index in [1.54, 1.807) is 30.3 Å². The molecule has 3 atom stereocenters. The molecule has 0 N–H and O–H groups in total. The van der Waals surface area contributed by atoms with Crippen LogP contribution in [0, 0.1) is 11.8 Å². The van der Waals surface area contributed by atoms with Crippen LogP contribution in [0.4, 0.5) is 17.6 Å². The Morgan fingerprint density at radius 1 is 1.25 bits per heavy atom. The Morgan fingerprint density at radius 3 is 2.58 bits per heavy atom. The van der Waals surface area contributed by atoms with Gasteiger partial charge in [-0.1, -0.05) is 30.3 Å². The maximum atomic E-state index is 15.4. The summed E-state index contributed by atoms with van der Waals surface area (Å²) in [7, 11) is 0. The normalized spacial score (nSPS) is 28.7. The third kappa shape index (κ3) is 2.23. The van der Waals surface area contributed by atoms with Crippen molar-refractivity contribution >= 4 is 5.78 Å². The summed E-state index contributed by atoms with van der Waals surface area (Å²) in [6, 6.07) is 8.35. The lowest BCUT2D eigenvalue weighted by molar-refractivity contribution is -0.149. The number of rotatable bonds is 3. The molecule has 2 heterocycles. The second-order valence-electron chi connectivity index (χ2n) is 6.24. The van der Waals surface area contributed by atoms with E-state index in [2.05, 4.69) is 10.1 Å². The molecule has 24 heavy (non-hydrogen) atoms. The van der Waals surface area contributed by atoms with Crippen LogP contribution in [0.5, 0.6) is 0 Å². The van der Waals surface area contributed by atoms with E-state index in [0.717, 1.165) is 4.68 Å². The van der Waals surface area contributed by atoms with E-state index in [-0.39, 0.29) is 30.9 Å². The summed E-state index contributed by atoms with van der Waals surface area (Å²) in [4.78, 5) is 16.1. The molecule has 4 nitrogen and oxygen atoms in total. The fourth-order valence-electron chi connectivity index (χ4n) is 3.25. The Bertz CT molecular complexity index is 801. The van der Waals surface area contributed by atoms with Crippen LogP contribution >= 0.6 is 0 Å². The molecule has 1 aromatic heterocycles. The van der Waals surface area contributed by atoms with Gasteiger partial charge in [0.1, 0.15) is 5.82 Å². The van der Waals surface area contributed by atoms with Crippen molar-refractivity contribution in [2.45, 2.75) is 31.2 Å². The van der Waals surface area contributed by atoms with Gasteiger partial charge in [-0.15, -0.1) is 5.10 Å². The number of carbonyl (C=O) groups is 1. The van der Waals surface area contributed by atoms with Crippen LogP contribution in [0.25, 0.3) is 0 Å². The minimum absolute atomic E-state index is 0.134. The molecule has 126 valence electrons. The molecule has 0 saturated heterocycles. The predicted octanol–water partition coefficient (Wildman–Crippen LogP) is 3.28. The van der Waals surface area contributed by atoms with Gasteiger partial charge in [0.05, 0.1) is 5.92 Å². The van der Waals surface area contributed by atoms with Gasteiger partial charge in [-0.3, -0.25) is 4.79 Å². The number of ketones is 1. The minimum Gasteiger partial charge on any atom is -0.290 e. The van der Waals surface area contributed by atoms with Crippen LogP contribution in [0.2, 0.25) is 0 Å². The number of nitrogens with zero attached hydrogens (tertiary/aromatic N) is 3. The molecule has 1 aliphatic heterocycles. The number of benzene rings is 1. The van der Waals surface area contributed by atoms with Crippen LogP contribution < -0.4 is 0 Å². The molecule has 1 saturated carbocycles. The summed E-state index contributed by atoms with van der Waals surface area (Å²) in [6.07, 6.45) is -4.23. The summed E-state index contributed by atoms with van der Waals surface area (Å²) in [5, 5.41) is 3.91. The lowest BCUT2D eigenvalue weighted by Crippen LogP contribution is -2.27. The zero-order valence-corrected chi connectivity index (χ0v) is 12.4. The first kappa shape index (κ1) is 15.3. The highest BCUT2D eigenvalue weighted by atomic mass is 19.4. The molecule has 0 spiro atoms. The maximum absolute atomic E-state index is 15.4. The Labute approximate surface area is 134 Å². The standard InChI is InChI=1S/C16H13F4N3O/c17-15(9-4-2-1-3-5-9)7-6-12-21-14(22-23(12)15)13(24)10-8-11(10)16(18,19)20/h1-5,10-11H,6-8H2/t10-,11-,15-/m1/s1. The van der Waals surface area contributed by atoms with Crippen LogP contribution in [0.1, 0.15) is 34.8 Å². The zero-order valence-electron chi connectivity index (χ0n) is 12.4. The summed E-state index contributed by atoms with van der Waals surface area (Å²) in [5.74, 6) is -5.48. The molecule has 4 rings (SSSR count). The van der Waals surface area contributed by atoms with Crippen LogP contribution in [-0.4, -0.2) is 26.7 Å².